The summed E-state index contributed by atoms with van der Waals surface area (Å²) in [5, 5.41) is 12.9. The molecule has 3 atom stereocenters. The minimum Gasteiger partial charge on any atom is -0.479 e. The monoisotopic (exact) mass is 288 g/mol. The van der Waals surface area contributed by atoms with E-state index in [0.29, 0.717) is 6.54 Å². The van der Waals surface area contributed by atoms with Crippen LogP contribution in [0.5, 0.6) is 0 Å². The number of hydrogen-bond acceptors (Lipinski definition) is 3. The third kappa shape index (κ3) is 2.42. The zero-order chi connectivity index (χ0) is 15.0. The number of nitrogens with zero attached hydrogens (tertiary/aromatic N) is 1. The third-order valence-corrected chi connectivity index (χ3v) is 4.64. The second-order valence-electron chi connectivity index (χ2n) is 5.86. The zero-order valence-corrected chi connectivity index (χ0v) is 12.1. The number of carbonyl (C=O) groups is 2. The van der Waals surface area contributed by atoms with Crippen LogP contribution in [0.2, 0.25) is 0 Å². The molecule has 2 heterocycles. The Morgan fingerprint density at radius 1 is 1.33 bits per heavy atom. The van der Waals surface area contributed by atoms with Gasteiger partial charge in [0.2, 0.25) is 5.91 Å². The molecule has 2 aliphatic heterocycles. The van der Waals surface area contributed by atoms with Crippen molar-refractivity contribution < 1.29 is 14.7 Å². The van der Waals surface area contributed by atoms with E-state index in [4.69, 9.17) is 0 Å². The van der Waals surface area contributed by atoms with Crippen LogP contribution in [0.25, 0.3) is 0 Å². The highest BCUT2D eigenvalue weighted by Gasteiger charge is 2.40. The molecule has 1 fully saturated rings. The van der Waals surface area contributed by atoms with Crippen LogP contribution < -0.4 is 5.32 Å². The summed E-state index contributed by atoms with van der Waals surface area (Å²) in [7, 11) is 0. The molecule has 2 N–H and O–H groups in total. The van der Waals surface area contributed by atoms with Crippen LogP contribution in [0, 0.1) is 5.92 Å². The summed E-state index contributed by atoms with van der Waals surface area (Å²) in [4.78, 5) is 26.0. The van der Waals surface area contributed by atoms with Crippen molar-refractivity contribution >= 4 is 11.9 Å². The SMILES string of the molecule is CC1NCCC1C(=O)N1CCc2ccccc2C1C(=O)O. The predicted molar refractivity (Wildman–Crippen MR) is 77.8 cm³/mol. The molecule has 112 valence electrons. The summed E-state index contributed by atoms with van der Waals surface area (Å²) in [5.41, 5.74) is 1.79. The molecule has 3 unspecified atom stereocenters. The fourth-order valence-corrected chi connectivity index (χ4v) is 3.48. The first-order valence-corrected chi connectivity index (χ1v) is 7.44. The van der Waals surface area contributed by atoms with E-state index in [2.05, 4.69) is 5.32 Å². The maximum absolute atomic E-state index is 12.8. The fraction of sp³-hybridized carbons (Fsp3) is 0.500. The van der Waals surface area contributed by atoms with Crippen molar-refractivity contribution in [2.24, 2.45) is 5.92 Å². The van der Waals surface area contributed by atoms with Gasteiger partial charge in [-0.1, -0.05) is 24.3 Å². The average Bonchev–Trinajstić information content (AvgIpc) is 2.91. The number of amides is 1. The Hall–Kier alpha value is -1.88. The van der Waals surface area contributed by atoms with Crippen molar-refractivity contribution in [3.05, 3.63) is 35.4 Å². The topological polar surface area (TPSA) is 69.6 Å². The Morgan fingerprint density at radius 3 is 2.76 bits per heavy atom. The molecule has 5 heteroatoms. The van der Waals surface area contributed by atoms with Gasteiger partial charge in [0.1, 0.15) is 0 Å². The summed E-state index contributed by atoms with van der Waals surface area (Å²) < 4.78 is 0. The molecule has 1 aromatic rings. The fourth-order valence-electron chi connectivity index (χ4n) is 3.48. The van der Waals surface area contributed by atoms with Crippen LogP contribution in [0.1, 0.15) is 30.5 Å². The number of benzene rings is 1. The van der Waals surface area contributed by atoms with Crippen LogP contribution >= 0.6 is 0 Å². The number of carboxylic acid groups (broad SMARTS) is 1. The lowest BCUT2D eigenvalue weighted by Gasteiger charge is -2.36. The maximum Gasteiger partial charge on any atom is 0.331 e. The zero-order valence-electron chi connectivity index (χ0n) is 12.1. The van der Waals surface area contributed by atoms with Gasteiger partial charge in [-0.05, 0) is 37.4 Å². The van der Waals surface area contributed by atoms with E-state index in [0.717, 1.165) is 30.5 Å². The van der Waals surface area contributed by atoms with Crippen molar-refractivity contribution in [3.8, 4) is 0 Å². The van der Waals surface area contributed by atoms with E-state index in [1.165, 1.54) is 0 Å². The van der Waals surface area contributed by atoms with Gasteiger partial charge in [-0.15, -0.1) is 0 Å². The first-order valence-electron chi connectivity index (χ1n) is 7.44. The van der Waals surface area contributed by atoms with E-state index >= 15 is 0 Å². The molecule has 2 aliphatic rings. The molecule has 0 bridgehead atoms. The Morgan fingerprint density at radius 2 is 2.10 bits per heavy atom. The summed E-state index contributed by atoms with van der Waals surface area (Å²) >= 11 is 0. The van der Waals surface area contributed by atoms with Crippen molar-refractivity contribution in [1.29, 1.82) is 0 Å². The lowest BCUT2D eigenvalue weighted by Crippen LogP contribution is -2.47. The highest BCUT2D eigenvalue weighted by molar-refractivity contribution is 5.87. The van der Waals surface area contributed by atoms with Crippen LogP contribution in [-0.4, -0.2) is 41.0 Å². The number of fused-ring (bicyclic) bond motifs is 1. The minimum absolute atomic E-state index is 0.0330. The molecule has 0 aliphatic carbocycles. The summed E-state index contributed by atoms with van der Waals surface area (Å²) in [5.74, 6) is -1.10. The van der Waals surface area contributed by atoms with E-state index in [1.807, 2.05) is 31.2 Å². The molecule has 0 saturated carbocycles. The predicted octanol–water partition coefficient (Wildman–Crippen LogP) is 1.19. The Balaban J connectivity index is 1.92. The molecule has 5 nitrogen and oxygen atoms in total. The van der Waals surface area contributed by atoms with E-state index in [9.17, 15) is 14.7 Å². The van der Waals surface area contributed by atoms with E-state index in [-0.39, 0.29) is 17.9 Å². The Kier molecular flexibility index (Phi) is 3.68. The molecule has 1 aromatic carbocycles. The maximum atomic E-state index is 12.8. The number of rotatable bonds is 2. The molecule has 0 aromatic heterocycles. The van der Waals surface area contributed by atoms with Gasteiger partial charge in [0.05, 0.1) is 5.92 Å². The lowest BCUT2D eigenvalue weighted by molar-refractivity contribution is -0.153. The molecular weight excluding hydrogens is 268 g/mol. The van der Waals surface area contributed by atoms with Crippen molar-refractivity contribution in [2.75, 3.05) is 13.1 Å². The van der Waals surface area contributed by atoms with Gasteiger partial charge in [0, 0.05) is 12.6 Å². The highest BCUT2D eigenvalue weighted by Crippen LogP contribution is 2.32. The molecule has 21 heavy (non-hydrogen) atoms. The molecule has 1 amide bonds. The van der Waals surface area contributed by atoms with Crippen molar-refractivity contribution in [1.82, 2.24) is 10.2 Å². The molecule has 0 spiro atoms. The standard InChI is InChI=1S/C16H20N2O3/c1-10-12(6-8-17-10)15(19)18-9-7-11-4-2-3-5-13(11)14(18)16(20)21/h2-5,10,12,14,17H,6-9H2,1H3,(H,20,21). The molecular formula is C16H20N2O3. The highest BCUT2D eigenvalue weighted by atomic mass is 16.4. The summed E-state index contributed by atoms with van der Waals surface area (Å²) in [6.07, 6.45) is 1.50. The number of hydrogen-bond donors (Lipinski definition) is 2. The second kappa shape index (κ2) is 5.48. The quantitative estimate of drug-likeness (QED) is 0.858. The third-order valence-electron chi connectivity index (χ3n) is 4.64. The van der Waals surface area contributed by atoms with Gasteiger partial charge in [0.15, 0.2) is 6.04 Å². The van der Waals surface area contributed by atoms with Gasteiger partial charge < -0.3 is 15.3 Å². The normalized spacial score (nSPS) is 28.2. The van der Waals surface area contributed by atoms with Gasteiger partial charge >= 0.3 is 5.97 Å². The number of nitrogens with one attached hydrogen (secondary N) is 1. The second-order valence-corrected chi connectivity index (χ2v) is 5.86. The van der Waals surface area contributed by atoms with Gasteiger partial charge in [-0.3, -0.25) is 4.79 Å². The van der Waals surface area contributed by atoms with Crippen molar-refractivity contribution in [3.63, 3.8) is 0 Å². The average molecular weight is 288 g/mol. The minimum atomic E-state index is -0.950. The van der Waals surface area contributed by atoms with E-state index in [1.54, 1.807) is 4.90 Å². The Labute approximate surface area is 123 Å². The van der Waals surface area contributed by atoms with E-state index < -0.39 is 12.0 Å². The largest absolute Gasteiger partial charge is 0.479 e. The van der Waals surface area contributed by atoms with Crippen LogP contribution in [-0.2, 0) is 16.0 Å². The Bertz CT molecular complexity index is 572. The van der Waals surface area contributed by atoms with Crippen LogP contribution in [0.4, 0.5) is 0 Å². The van der Waals surface area contributed by atoms with Gasteiger partial charge in [-0.2, -0.15) is 0 Å². The molecule has 3 rings (SSSR count). The van der Waals surface area contributed by atoms with Gasteiger partial charge in [0.25, 0.3) is 0 Å². The first kappa shape index (κ1) is 14.1. The first-order chi connectivity index (χ1) is 10.1. The van der Waals surface area contributed by atoms with Crippen LogP contribution in [0.3, 0.4) is 0 Å². The summed E-state index contributed by atoms with van der Waals surface area (Å²) in [6.45, 7) is 3.29. The van der Waals surface area contributed by atoms with Crippen molar-refractivity contribution in [2.45, 2.75) is 31.8 Å². The molecule has 1 saturated heterocycles. The number of carboxylic acids is 1. The van der Waals surface area contributed by atoms with Crippen LogP contribution in [0.15, 0.2) is 24.3 Å². The number of carbonyl (C=O) groups excluding carboxylic acids is 1. The number of aliphatic carboxylic acids is 1. The lowest BCUT2D eigenvalue weighted by atomic mass is 9.90. The van der Waals surface area contributed by atoms with Gasteiger partial charge in [-0.25, -0.2) is 4.79 Å². The summed E-state index contributed by atoms with van der Waals surface area (Å²) in [6, 6.07) is 6.79. The smallest absolute Gasteiger partial charge is 0.331 e. The molecule has 0 radical (unpaired) electrons.